The molecule has 0 aliphatic heterocycles. The molecule has 0 saturated carbocycles. The van der Waals surface area contributed by atoms with Crippen LogP contribution in [0.25, 0.3) is 0 Å². The molecule has 0 aliphatic rings. The smallest absolute Gasteiger partial charge is 0.409 e. The number of phenolic OH excluding ortho intramolecular Hbond substituents is 2. The van der Waals surface area contributed by atoms with Gasteiger partial charge in [0.15, 0.2) is 11.5 Å². The topological polar surface area (TPSA) is 66.8 Å². The minimum atomic E-state index is -1.05. The molecule has 1 aromatic rings. The van der Waals surface area contributed by atoms with Crippen LogP contribution in [-0.2, 0) is 0 Å². The highest BCUT2D eigenvalue weighted by Gasteiger charge is 2.06. The molecule has 4 nitrogen and oxygen atoms in total. The fraction of sp³-hybridized carbons (Fsp3) is 0. The van der Waals surface area contributed by atoms with Crippen LogP contribution >= 0.6 is 11.6 Å². The van der Waals surface area contributed by atoms with E-state index in [1.165, 1.54) is 12.1 Å². The molecule has 1 rings (SSSR count). The van der Waals surface area contributed by atoms with E-state index >= 15 is 0 Å². The Balaban J connectivity index is 2.93. The summed E-state index contributed by atoms with van der Waals surface area (Å²) >= 11 is 4.89. The Labute approximate surface area is 73.0 Å². The number of benzene rings is 1. The molecule has 12 heavy (non-hydrogen) atoms. The van der Waals surface area contributed by atoms with Gasteiger partial charge in [0.1, 0.15) is 5.75 Å². The summed E-state index contributed by atoms with van der Waals surface area (Å²) in [5.41, 5.74) is -1.05. The summed E-state index contributed by atoms with van der Waals surface area (Å²) in [6.45, 7) is 0. The van der Waals surface area contributed by atoms with Gasteiger partial charge in [-0.1, -0.05) is 0 Å². The van der Waals surface area contributed by atoms with Crippen molar-refractivity contribution in [3.63, 3.8) is 0 Å². The van der Waals surface area contributed by atoms with Gasteiger partial charge in [0.2, 0.25) is 0 Å². The van der Waals surface area contributed by atoms with Crippen LogP contribution in [-0.4, -0.2) is 15.6 Å². The summed E-state index contributed by atoms with van der Waals surface area (Å²) in [6.07, 6.45) is 0. The summed E-state index contributed by atoms with van der Waals surface area (Å²) in [5.74, 6) is -0.557. The third-order valence-electron chi connectivity index (χ3n) is 1.13. The third-order valence-corrected chi connectivity index (χ3v) is 1.21. The number of aromatic hydroxyl groups is 2. The van der Waals surface area contributed by atoms with E-state index in [0.717, 1.165) is 6.07 Å². The zero-order valence-electron chi connectivity index (χ0n) is 5.82. The van der Waals surface area contributed by atoms with Crippen LogP contribution < -0.4 is 4.74 Å². The summed E-state index contributed by atoms with van der Waals surface area (Å²) in [7, 11) is 0. The predicted molar refractivity (Wildman–Crippen MR) is 41.6 cm³/mol. The van der Waals surface area contributed by atoms with E-state index in [9.17, 15) is 4.79 Å². The van der Waals surface area contributed by atoms with Crippen LogP contribution in [0.5, 0.6) is 17.2 Å². The van der Waals surface area contributed by atoms with Crippen molar-refractivity contribution in [3.8, 4) is 17.2 Å². The van der Waals surface area contributed by atoms with Gasteiger partial charge in [0, 0.05) is 17.7 Å². The van der Waals surface area contributed by atoms with Crippen molar-refractivity contribution < 1.29 is 19.7 Å². The first-order valence-corrected chi connectivity index (χ1v) is 3.36. The first-order chi connectivity index (χ1) is 5.59. The van der Waals surface area contributed by atoms with Crippen molar-refractivity contribution in [1.29, 1.82) is 0 Å². The zero-order valence-corrected chi connectivity index (χ0v) is 6.58. The maximum Gasteiger partial charge on any atom is 0.409 e. The van der Waals surface area contributed by atoms with Crippen molar-refractivity contribution in [3.05, 3.63) is 18.2 Å². The Kier molecular flexibility index (Phi) is 2.40. The van der Waals surface area contributed by atoms with Gasteiger partial charge in [0.05, 0.1) is 0 Å². The molecule has 0 bridgehead atoms. The lowest BCUT2D eigenvalue weighted by atomic mass is 10.3. The molecule has 0 spiro atoms. The summed E-state index contributed by atoms with van der Waals surface area (Å²) < 4.78 is 4.37. The molecule has 0 heterocycles. The van der Waals surface area contributed by atoms with Gasteiger partial charge in [-0.05, 0) is 12.1 Å². The number of halogens is 1. The van der Waals surface area contributed by atoms with Crippen molar-refractivity contribution in [2.24, 2.45) is 0 Å². The van der Waals surface area contributed by atoms with Crippen LogP contribution in [0, 0.1) is 0 Å². The van der Waals surface area contributed by atoms with Gasteiger partial charge < -0.3 is 14.9 Å². The second-order valence-electron chi connectivity index (χ2n) is 1.99. The Morgan fingerprint density at radius 1 is 1.42 bits per heavy atom. The van der Waals surface area contributed by atoms with Crippen molar-refractivity contribution in [1.82, 2.24) is 0 Å². The maximum atomic E-state index is 10.2. The first kappa shape index (κ1) is 8.67. The lowest BCUT2D eigenvalue weighted by Gasteiger charge is -2.01. The molecular formula is C7H5ClO4. The highest BCUT2D eigenvalue weighted by atomic mass is 35.5. The van der Waals surface area contributed by atoms with E-state index in [0.29, 0.717) is 0 Å². The molecule has 0 aromatic heterocycles. The van der Waals surface area contributed by atoms with Gasteiger partial charge in [-0.25, -0.2) is 4.79 Å². The van der Waals surface area contributed by atoms with E-state index in [-0.39, 0.29) is 17.2 Å². The van der Waals surface area contributed by atoms with Crippen LogP contribution in [0.1, 0.15) is 0 Å². The minimum Gasteiger partial charge on any atom is -0.508 e. The molecule has 0 amide bonds. The predicted octanol–water partition coefficient (Wildman–Crippen LogP) is 1.84. The lowest BCUT2D eigenvalue weighted by Crippen LogP contribution is -1.95. The summed E-state index contributed by atoms with van der Waals surface area (Å²) in [5, 5.41) is 17.9. The average Bonchev–Trinajstić information content (AvgIpc) is 1.94. The third kappa shape index (κ3) is 2.03. The van der Waals surface area contributed by atoms with E-state index in [1.54, 1.807) is 0 Å². The average molecular weight is 189 g/mol. The molecule has 0 saturated heterocycles. The molecule has 64 valence electrons. The standard InChI is InChI=1S/C7H5ClO4/c8-7(11)12-6-2-1-4(9)3-5(6)10/h1-3,9-10H. The molecular weight excluding hydrogens is 184 g/mol. The Morgan fingerprint density at radius 3 is 2.58 bits per heavy atom. The van der Waals surface area contributed by atoms with Gasteiger partial charge in [-0.15, -0.1) is 0 Å². The fourth-order valence-electron chi connectivity index (χ4n) is 0.679. The Morgan fingerprint density at radius 2 is 2.08 bits per heavy atom. The minimum absolute atomic E-state index is 0.0900. The van der Waals surface area contributed by atoms with Crippen LogP contribution in [0.15, 0.2) is 18.2 Å². The zero-order chi connectivity index (χ0) is 9.14. The molecule has 5 heteroatoms. The van der Waals surface area contributed by atoms with Gasteiger partial charge in [-0.3, -0.25) is 0 Å². The van der Waals surface area contributed by atoms with Gasteiger partial charge in [0.25, 0.3) is 0 Å². The summed E-state index contributed by atoms with van der Waals surface area (Å²) in [6, 6.07) is 3.52. The van der Waals surface area contributed by atoms with Crippen LogP contribution in [0.4, 0.5) is 4.79 Å². The van der Waals surface area contributed by atoms with Gasteiger partial charge >= 0.3 is 5.43 Å². The molecule has 0 aliphatic carbocycles. The second-order valence-corrected chi connectivity index (χ2v) is 2.30. The number of hydrogen-bond donors (Lipinski definition) is 2. The highest BCUT2D eigenvalue weighted by Crippen LogP contribution is 2.29. The second kappa shape index (κ2) is 3.32. The summed E-state index contributed by atoms with van der Waals surface area (Å²) in [4.78, 5) is 10.2. The normalized spacial score (nSPS) is 9.42. The van der Waals surface area contributed by atoms with Crippen LogP contribution in [0.2, 0.25) is 0 Å². The van der Waals surface area contributed by atoms with Crippen molar-refractivity contribution >= 4 is 17.0 Å². The van der Waals surface area contributed by atoms with Crippen molar-refractivity contribution in [2.75, 3.05) is 0 Å². The Hall–Kier alpha value is -1.42. The Bertz CT molecular complexity index is 310. The highest BCUT2D eigenvalue weighted by molar-refractivity contribution is 6.61. The number of carbonyl (C=O) groups excluding carboxylic acids is 1. The van der Waals surface area contributed by atoms with E-state index < -0.39 is 5.43 Å². The largest absolute Gasteiger partial charge is 0.508 e. The molecule has 0 atom stereocenters. The first-order valence-electron chi connectivity index (χ1n) is 2.99. The lowest BCUT2D eigenvalue weighted by molar-refractivity contribution is 0.223. The monoisotopic (exact) mass is 188 g/mol. The molecule has 0 unspecified atom stereocenters. The quantitative estimate of drug-likeness (QED) is 0.660. The van der Waals surface area contributed by atoms with E-state index in [4.69, 9.17) is 21.8 Å². The number of phenols is 2. The SMILES string of the molecule is O=C(Cl)Oc1ccc(O)cc1O. The fourth-order valence-corrected chi connectivity index (χ4v) is 0.762. The van der Waals surface area contributed by atoms with E-state index in [1.807, 2.05) is 0 Å². The maximum absolute atomic E-state index is 10.2. The number of hydrogen-bond acceptors (Lipinski definition) is 4. The number of carbonyl (C=O) groups is 1. The number of rotatable bonds is 1. The molecule has 2 N–H and O–H groups in total. The molecule has 0 radical (unpaired) electrons. The number of ether oxygens (including phenoxy) is 1. The molecule has 1 aromatic carbocycles. The van der Waals surface area contributed by atoms with Crippen LogP contribution in [0.3, 0.4) is 0 Å². The molecule has 0 fully saturated rings. The van der Waals surface area contributed by atoms with Gasteiger partial charge in [-0.2, -0.15) is 0 Å². The van der Waals surface area contributed by atoms with E-state index in [2.05, 4.69) is 4.74 Å². The van der Waals surface area contributed by atoms with Crippen molar-refractivity contribution in [2.45, 2.75) is 0 Å².